The van der Waals surface area contributed by atoms with Gasteiger partial charge in [0.05, 0.1) is 24.9 Å². The summed E-state index contributed by atoms with van der Waals surface area (Å²) in [7, 11) is 3.56. The molecular formula is C23H30N8O3. The number of nitrogens with zero attached hydrogens (tertiary/aromatic N) is 7. The second-order valence-corrected chi connectivity index (χ2v) is 8.81. The zero-order valence-electron chi connectivity index (χ0n) is 19.6. The predicted molar refractivity (Wildman–Crippen MR) is 127 cm³/mol. The van der Waals surface area contributed by atoms with Crippen LogP contribution in [0.4, 0.5) is 10.7 Å². The molecule has 11 heteroatoms. The highest BCUT2D eigenvalue weighted by atomic mass is 16.5. The highest BCUT2D eigenvalue weighted by Gasteiger charge is 2.25. The minimum atomic E-state index is -0.0718. The quantitative estimate of drug-likeness (QED) is 0.623. The lowest BCUT2D eigenvalue weighted by molar-refractivity contribution is 0.121. The van der Waals surface area contributed by atoms with Crippen molar-refractivity contribution in [3.05, 3.63) is 24.4 Å². The van der Waals surface area contributed by atoms with Gasteiger partial charge >= 0.3 is 12.0 Å². The Morgan fingerprint density at radius 2 is 1.97 bits per heavy atom. The van der Waals surface area contributed by atoms with Gasteiger partial charge in [0.2, 0.25) is 5.95 Å². The van der Waals surface area contributed by atoms with Crippen molar-refractivity contribution in [3.63, 3.8) is 0 Å². The molecule has 1 N–H and O–H groups in total. The number of ether oxygens (including phenoxy) is 2. The van der Waals surface area contributed by atoms with E-state index in [0.29, 0.717) is 50.6 Å². The van der Waals surface area contributed by atoms with E-state index in [-0.39, 0.29) is 12.1 Å². The van der Waals surface area contributed by atoms with Crippen LogP contribution in [-0.4, -0.2) is 101 Å². The zero-order valence-corrected chi connectivity index (χ0v) is 19.6. The molecule has 0 bridgehead atoms. The molecule has 0 radical (unpaired) electrons. The molecule has 11 nitrogen and oxygen atoms in total. The molecule has 2 fully saturated rings. The Hall–Kier alpha value is -3.47. The molecular weight excluding hydrogens is 436 g/mol. The van der Waals surface area contributed by atoms with Gasteiger partial charge in [0.1, 0.15) is 6.10 Å². The lowest BCUT2D eigenvalue weighted by atomic mass is 10.1. The van der Waals surface area contributed by atoms with Gasteiger partial charge in [-0.25, -0.2) is 4.79 Å². The van der Waals surface area contributed by atoms with Crippen LogP contribution < -0.4 is 9.64 Å². The van der Waals surface area contributed by atoms with Crippen LogP contribution in [0.2, 0.25) is 0 Å². The van der Waals surface area contributed by atoms with E-state index >= 15 is 0 Å². The first kappa shape index (κ1) is 22.3. The van der Waals surface area contributed by atoms with E-state index in [1.165, 1.54) is 0 Å². The minimum Gasteiger partial charge on any atom is -0.460 e. The number of morpholine rings is 1. The number of benzene rings is 1. The Morgan fingerprint density at radius 1 is 1.12 bits per heavy atom. The van der Waals surface area contributed by atoms with E-state index < -0.39 is 0 Å². The fourth-order valence-electron chi connectivity index (χ4n) is 4.39. The maximum absolute atomic E-state index is 12.4. The molecule has 5 rings (SSSR count). The van der Waals surface area contributed by atoms with E-state index in [4.69, 9.17) is 19.4 Å². The van der Waals surface area contributed by atoms with E-state index in [0.717, 1.165) is 42.3 Å². The molecule has 2 aliphatic heterocycles. The van der Waals surface area contributed by atoms with Crippen LogP contribution in [-0.2, 0) is 4.74 Å². The number of fused-ring (bicyclic) bond motifs is 1. The van der Waals surface area contributed by atoms with Gasteiger partial charge in [0.15, 0.2) is 5.82 Å². The molecule has 1 atom stereocenters. The van der Waals surface area contributed by atoms with Gasteiger partial charge in [0.25, 0.3) is 0 Å². The summed E-state index contributed by atoms with van der Waals surface area (Å²) in [5.74, 6) is 1.14. The van der Waals surface area contributed by atoms with E-state index in [2.05, 4.69) is 20.1 Å². The number of hydrogen-bond donors (Lipinski definition) is 1. The number of rotatable bonds is 4. The smallest absolute Gasteiger partial charge is 0.322 e. The molecule has 2 saturated heterocycles. The average Bonchev–Trinajstić information content (AvgIpc) is 3.23. The van der Waals surface area contributed by atoms with E-state index in [1.807, 2.05) is 23.1 Å². The molecule has 0 saturated carbocycles. The van der Waals surface area contributed by atoms with Crippen LogP contribution >= 0.6 is 0 Å². The maximum Gasteiger partial charge on any atom is 0.322 e. The number of hydrogen-bond acceptors (Lipinski definition) is 8. The van der Waals surface area contributed by atoms with E-state index in [9.17, 15) is 4.79 Å². The van der Waals surface area contributed by atoms with Gasteiger partial charge < -0.3 is 24.2 Å². The number of nitrogens with one attached hydrogen (secondary N) is 1. The van der Waals surface area contributed by atoms with Crippen molar-refractivity contribution in [1.82, 2.24) is 34.9 Å². The molecule has 2 aromatic heterocycles. The molecule has 2 amide bonds. The third-order valence-electron chi connectivity index (χ3n) is 6.22. The number of anilines is 1. The monoisotopic (exact) mass is 466 g/mol. The maximum atomic E-state index is 12.4. The summed E-state index contributed by atoms with van der Waals surface area (Å²) in [5, 5.41) is 8.12. The number of urea groups is 1. The van der Waals surface area contributed by atoms with Gasteiger partial charge in [-0.05, 0) is 18.9 Å². The lowest BCUT2D eigenvalue weighted by Crippen LogP contribution is -2.40. The molecule has 1 unspecified atom stereocenters. The van der Waals surface area contributed by atoms with Crippen molar-refractivity contribution >= 4 is 22.9 Å². The SMILES string of the molecule is CN(C)C(=O)N1CCCC(Oc2nc(-c3cccc4[nH]ncc34)nc(N3CCOCC3)n2)CC1. The number of H-pyrrole nitrogens is 1. The largest absolute Gasteiger partial charge is 0.460 e. The van der Waals surface area contributed by atoms with Crippen molar-refractivity contribution < 1.29 is 14.3 Å². The summed E-state index contributed by atoms with van der Waals surface area (Å²) in [5.41, 5.74) is 1.79. The topological polar surface area (TPSA) is 113 Å². The van der Waals surface area contributed by atoms with Gasteiger partial charge in [0, 0.05) is 57.6 Å². The van der Waals surface area contributed by atoms with Gasteiger partial charge in [-0.1, -0.05) is 12.1 Å². The summed E-state index contributed by atoms with van der Waals surface area (Å²) >= 11 is 0. The van der Waals surface area contributed by atoms with Crippen molar-refractivity contribution in [2.75, 3.05) is 58.4 Å². The van der Waals surface area contributed by atoms with Crippen LogP contribution in [0.1, 0.15) is 19.3 Å². The summed E-state index contributed by atoms with van der Waals surface area (Å²) in [6, 6.07) is 6.25. The summed E-state index contributed by atoms with van der Waals surface area (Å²) in [6.45, 7) is 4.05. The van der Waals surface area contributed by atoms with Crippen LogP contribution in [0.25, 0.3) is 22.3 Å². The van der Waals surface area contributed by atoms with Gasteiger partial charge in [-0.3, -0.25) is 5.10 Å². The number of aromatic amines is 1. The first-order valence-electron chi connectivity index (χ1n) is 11.7. The Bertz CT molecular complexity index is 1140. The summed E-state index contributed by atoms with van der Waals surface area (Å²) in [6.07, 6.45) is 4.14. The Morgan fingerprint density at radius 3 is 2.79 bits per heavy atom. The second-order valence-electron chi connectivity index (χ2n) is 8.81. The van der Waals surface area contributed by atoms with Crippen molar-refractivity contribution in [2.24, 2.45) is 0 Å². The zero-order chi connectivity index (χ0) is 23.5. The molecule has 3 aromatic rings. The fourth-order valence-corrected chi connectivity index (χ4v) is 4.39. The standard InChI is InChI=1S/C23H30N8O3/c1-29(2)23(32)31-9-4-5-16(8-10-31)34-22-26-20(17-6-3-7-19-18(17)15-24-28-19)25-21(27-22)30-11-13-33-14-12-30/h3,6-7,15-16H,4-5,8-14H2,1-2H3,(H,24,28). The third-order valence-corrected chi connectivity index (χ3v) is 6.22. The van der Waals surface area contributed by atoms with E-state index in [1.54, 1.807) is 25.2 Å². The number of carbonyl (C=O) groups excluding carboxylic acids is 1. The van der Waals surface area contributed by atoms with Crippen LogP contribution in [0.3, 0.4) is 0 Å². The lowest BCUT2D eigenvalue weighted by Gasteiger charge is -2.27. The van der Waals surface area contributed by atoms with Gasteiger partial charge in [-0.2, -0.15) is 20.1 Å². The molecule has 34 heavy (non-hydrogen) atoms. The number of aromatic nitrogens is 5. The predicted octanol–water partition coefficient (Wildman–Crippen LogP) is 2.17. The third kappa shape index (κ3) is 4.74. The Balaban J connectivity index is 1.43. The van der Waals surface area contributed by atoms with Gasteiger partial charge in [-0.15, -0.1) is 0 Å². The number of amides is 2. The number of likely N-dealkylation sites (tertiary alicyclic amines) is 1. The van der Waals surface area contributed by atoms with Crippen molar-refractivity contribution in [3.8, 4) is 17.4 Å². The summed E-state index contributed by atoms with van der Waals surface area (Å²) in [4.78, 5) is 32.1. The molecule has 1 aromatic carbocycles. The average molecular weight is 467 g/mol. The van der Waals surface area contributed by atoms with Crippen molar-refractivity contribution in [1.29, 1.82) is 0 Å². The molecule has 2 aliphatic rings. The van der Waals surface area contributed by atoms with Crippen molar-refractivity contribution in [2.45, 2.75) is 25.4 Å². The summed E-state index contributed by atoms with van der Waals surface area (Å²) < 4.78 is 11.8. The van der Waals surface area contributed by atoms with Crippen LogP contribution in [0.5, 0.6) is 6.01 Å². The molecule has 0 aliphatic carbocycles. The Labute approximate surface area is 198 Å². The minimum absolute atomic E-state index is 0.0332. The number of carbonyl (C=O) groups is 1. The second kappa shape index (κ2) is 9.80. The highest BCUT2D eigenvalue weighted by molar-refractivity contribution is 5.92. The molecule has 0 spiro atoms. The Kier molecular flexibility index (Phi) is 6.43. The van der Waals surface area contributed by atoms with Crippen LogP contribution in [0, 0.1) is 0 Å². The molecule has 180 valence electrons. The first-order chi connectivity index (χ1) is 16.6. The normalized spacial score (nSPS) is 19.2. The highest BCUT2D eigenvalue weighted by Crippen LogP contribution is 2.28. The molecule has 4 heterocycles. The van der Waals surface area contributed by atoms with Crippen LogP contribution in [0.15, 0.2) is 24.4 Å². The fraction of sp³-hybridized carbons (Fsp3) is 0.522. The first-order valence-corrected chi connectivity index (χ1v) is 11.7.